The minimum atomic E-state index is -0.316. The van der Waals surface area contributed by atoms with Gasteiger partial charge in [0.05, 0.1) is 17.4 Å². The van der Waals surface area contributed by atoms with Gasteiger partial charge in [-0.2, -0.15) is 5.10 Å². The van der Waals surface area contributed by atoms with Gasteiger partial charge in [-0.15, -0.1) is 0 Å². The Labute approximate surface area is 143 Å². The smallest absolute Gasteiger partial charge is 0.254 e. The summed E-state index contributed by atoms with van der Waals surface area (Å²) >= 11 is 6.09. The van der Waals surface area contributed by atoms with Crippen LogP contribution in [0.3, 0.4) is 0 Å². The van der Waals surface area contributed by atoms with E-state index in [0.29, 0.717) is 29.2 Å². The van der Waals surface area contributed by atoms with Crippen molar-refractivity contribution in [3.8, 4) is 5.69 Å². The number of rotatable bonds is 5. The number of halogens is 2. The largest absolute Gasteiger partial charge is 0.352 e. The summed E-state index contributed by atoms with van der Waals surface area (Å²) in [5.41, 5.74) is 2.12. The van der Waals surface area contributed by atoms with E-state index >= 15 is 0 Å². The maximum absolute atomic E-state index is 12.9. The first-order valence-electron chi connectivity index (χ1n) is 7.46. The Morgan fingerprint density at radius 3 is 2.67 bits per heavy atom. The van der Waals surface area contributed by atoms with Gasteiger partial charge in [-0.1, -0.05) is 29.8 Å². The summed E-state index contributed by atoms with van der Waals surface area (Å²) in [6.45, 7) is 0.476. The minimum absolute atomic E-state index is 0.213. The number of carbonyl (C=O) groups excluding carboxylic acids is 1. The van der Waals surface area contributed by atoms with Crippen LogP contribution in [-0.2, 0) is 6.42 Å². The van der Waals surface area contributed by atoms with Crippen molar-refractivity contribution in [3.05, 3.63) is 82.9 Å². The lowest BCUT2D eigenvalue weighted by atomic mass is 10.1. The first-order chi connectivity index (χ1) is 11.6. The molecule has 122 valence electrons. The highest BCUT2D eigenvalue weighted by molar-refractivity contribution is 6.31. The molecule has 0 radical (unpaired) electrons. The molecule has 1 N–H and O–H groups in total. The molecule has 0 fully saturated rings. The molecule has 6 heteroatoms. The fraction of sp³-hybridized carbons (Fsp3) is 0.111. The Balaban J connectivity index is 1.60. The molecule has 1 aromatic heterocycles. The number of nitrogens with zero attached hydrogens (tertiary/aromatic N) is 2. The van der Waals surface area contributed by atoms with Gasteiger partial charge in [0.15, 0.2) is 0 Å². The SMILES string of the molecule is O=C(NCCc1ccccc1Cl)c1cnn(-c2ccc(F)cc2)c1. The molecule has 4 nitrogen and oxygen atoms in total. The summed E-state index contributed by atoms with van der Waals surface area (Å²) < 4.78 is 14.5. The van der Waals surface area contributed by atoms with Crippen LogP contribution >= 0.6 is 11.6 Å². The maximum Gasteiger partial charge on any atom is 0.254 e. The van der Waals surface area contributed by atoms with Gasteiger partial charge < -0.3 is 5.32 Å². The molecule has 0 aliphatic rings. The van der Waals surface area contributed by atoms with Gasteiger partial charge in [0, 0.05) is 17.8 Å². The van der Waals surface area contributed by atoms with E-state index in [1.165, 1.54) is 23.0 Å². The molecule has 0 saturated carbocycles. The van der Waals surface area contributed by atoms with Crippen LogP contribution < -0.4 is 5.32 Å². The topological polar surface area (TPSA) is 46.9 Å². The number of nitrogens with one attached hydrogen (secondary N) is 1. The molecule has 1 amide bonds. The van der Waals surface area contributed by atoms with Gasteiger partial charge >= 0.3 is 0 Å². The molecule has 0 aliphatic carbocycles. The predicted molar refractivity (Wildman–Crippen MR) is 91.0 cm³/mol. The Kier molecular flexibility index (Phi) is 4.91. The zero-order chi connectivity index (χ0) is 16.9. The zero-order valence-electron chi connectivity index (χ0n) is 12.7. The molecule has 0 atom stereocenters. The highest BCUT2D eigenvalue weighted by Gasteiger charge is 2.09. The van der Waals surface area contributed by atoms with E-state index in [1.807, 2.05) is 24.3 Å². The van der Waals surface area contributed by atoms with E-state index in [4.69, 9.17) is 11.6 Å². The Morgan fingerprint density at radius 2 is 1.92 bits per heavy atom. The number of hydrogen-bond donors (Lipinski definition) is 1. The highest BCUT2D eigenvalue weighted by Crippen LogP contribution is 2.15. The number of benzene rings is 2. The quantitative estimate of drug-likeness (QED) is 0.769. The van der Waals surface area contributed by atoms with E-state index in [-0.39, 0.29) is 11.7 Å². The van der Waals surface area contributed by atoms with Gasteiger partial charge in [0.2, 0.25) is 0 Å². The third kappa shape index (κ3) is 3.81. The summed E-state index contributed by atoms with van der Waals surface area (Å²) in [6, 6.07) is 13.4. The molecular weight excluding hydrogens is 329 g/mol. The molecule has 0 aliphatic heterocycles. The number of amides is 1. The summed E-state index contributed by atoms with van der Waals surface area (Å²) in [4.78, 5) is 12.2. The Hall–Kier alpha value is -2.66. The van der Waals surface area contributed by atoms with Gasteiger partial charge in [0.1, 0.15) is 5.82 Å². The van der Waals surface area contributed by atoms with Crippen LogP contribution in [0.5, 0.6) is 0 Å². The van der Waals surface area contributed by atoms with Crippen molar-refractivity contribution in [1.82, 2.24) is 15.1 Å². The fourth-order valence-electron chi connectivity index (χ4n) is 2.29. The molecule has 3 aromatic rings. The van der Waals surface area contributed by atoms with E-state index in [2.05, 4.69) is 10.4 Å². The molecule has 0 saturated heterocycles. The number of hydrogen-bond acceptors (Lipinski definition) is 2. The second-order valence-corrected chi connectivity index (χ2v) is 5.65. The lowest BCUT2D eigenvalue weighted by Crippen LogP contribution is -2.25. The van der Waals surface area contributed by atoms with Crippen molar-refractivity contribution < 1.29 is 9.18 Å². The predicted octanol–water partition coefficient (Wildman–Crippen LogP) is 3.64. The minimum Gasteiger partial charge on any atom is -0.352 e. The highest BCUT2D eigenvalue weighted by atomic mass is 35.5. The van der Waals surface area contributed by atoms with Crippen LogP contribution in [0.15, 0.2) is 60.9 Å². The van der Waals surface area contributed by atoms with Gasteiger partial charge in [-0.05, 0) is 42.3 Å². The molecule has 0 bridgehead atoms. The maximum atomic E-state index is 12.9. The van der Waals surface area contributed by atoms with E-state index < -0.39 is 0 Å². The van der Waals surface area contributed by atoms with Crippen LogP contribution in [0, 0.1) is 5.82 Å². The van der Waals surface area contributed by atoms with Crippen molar-refractivity contribution in [3.63, 3.8) is 0 Å². The second kappa shape index (κ2) is 7.27. The number of aromatic nitrogens is 2. The third-order valence-corrected chi connectivity index (χ3v) is 3.94. The normalized spacial score (nSPS) is 10.6. The van der Waals surface area contributed by atoms with Gasteiger partial charge in [-0.25, -0.2) is 9.07 Å². The lowest BCUT2D eigenvalue weighted by Gasteiger charge is -2.05. The molecule has 3 rings (SSSR count). The lowest BCUT2D eigenvalue weighted by molar-refractivity contribution is 0.0954. The third-order valence-electron chi connectivity index (χ3n) is 3.57. The molecule has 24 heavy (non-hydrogen) atoms. The van der Waals surface area contributed by atoms with Crippen LogP contribution in [0.1, 0.15) is 15.9 Å². The fourth-order valence-corrected chi connectivity index (χ4v) is 2.52. The van der Waals surface area contributed by atoms with Crippen LogP contribution in [-0.4, -0.2) is 22.2 Å². The van der Waals surface area contributed by atoms with E-state index in [0.717, 1.165) is 5.56 Å². The summed E-state index contributed by atoms with van der Waals surface area (Å²) in [7, 11) is 0. The summed E-state index contributed by atoms with van der Waals surface area (Å²) in [6.07, 6.45) is 3.74. The number of carbonyl (C=O) groups is 1. The van der Waals surface area contributed by atoms with Gasteiger partial charge in [0.25, 0.3) is 5.91 Å². The average Bonchev–Trinajstić information content (AvgIpc) is 3.07. The van der Waals surface area contributed by atoms with Gasteiger partial charge in [-0.3, -0.25) is 4.79 Å². The van der Waals surface area contributed by atoms with Crippen LogP contribution in [0.4, 0.5) is 4.39 Å². The van der Waals surface area contributed by atoms with Crippen LogP contribution in [0.2, 0.25) is 5.02 Å². The first-order valence-corrected chi connectivity index (χ1v) is 7.83. The monoisotopic (exact) mass is 343 g/mol. The van der Waals surface area contributed by atoms with Crippen molar-refractivity contribution in [2.75, 3.05) is 6.54 Å². The van der Waals surface area contributed by atoms with Crippen molar-refractivity contribution in [2.45, 2.75) is 6.42 Å². The summed E-state index contributed by atoms with van der Waals surface area (Å²) in [5, 5.41) is 7.66. The van der Waals surface area contributed by atoms with Crippen molar-refractivity contribution >= 4 is 17.5 Å². The Bertz CT molecular complexity index is 845. The summed E-state index contributed by atoms with van der Waals surface area (Å²) in [5.74, 6) is -0.529. The standard InChI is InChI=1S/C18H15ClFN3O/c19-17-4-2-1-3-13(17)9-10-21-18(24)14-11-22-23(12-14)16-7-5-15(20)6-8-16/h1-8,11-12H,9-10H2,(H,21,24). The molecular formula is C18H15ClFN3O. The Morgan fingerprint density at radius 1 is 1.17 bits per heavy atom. The van der Waals surface area contributed by atoms with Crippen LogP contribution in [0.25, 0.3) is 5.69 Å². The zero-order valence-corrected chi connectivity index (χ0v) is 13.5. The van der Waals surface area contributed by atoms with E-state index in [9.17, 15) is 9.18 Å². The van der Waals surface area contributed by atoms with Crippen molar-refractivity contribution in [2.24, 2.45) is 0 Å². The molecule has 0 spiro atoms. The molecule has 0 unspecified atom stereocenters. The van der Waals surface area contributed by atoms with Crippen molar-refractivity contribution in [1.29, 1.82) is 0 Å². The second-order valence-electron chi connectivity index (χ2n) is 5.25. The molecule has 1 heterocycles. The average molecular weight is 344 g/mol. The molecule has 2 aromatic carbocycles. The first kappa shape index (κ1) is 16.2. The van der Waals surface area contributed by atoms with E-state index in [1.54, 1.807) is 18.3 Å².